The Morgan fingerprint density at radius 1 is 1.05 bits per heavy atom. The fourth-order valence-corrected chi connectivity index (χ4v) is 5.30. The zero-order valence-corrected chi connectivity index (χ0v) is 22.0. The van der Waals surface area contributed by atoms with Crippen molar-refractivity contribution in [3.63, 3.8) is 0 Å². The number of anilines is 1. The predicted octanol–water partition coefficient (Wildman–Crippen LogP) is 6.64. The molecule has 4 rings (SSSR count). The number of thioether (sulfide) groups is 1. The zero-order valence-electron chi connectivity index (χ0n) is 20.4. The number of nitrogens with one attached hydrogen (secondary N) is 1. The van der Waals surface area contributed by atoms with Gasteiger partial charge in [-0.15, -0.1) is 11.8 Å². The van der Waals surface area contributed by atoms with E-state index in [1.165, 1.54) is 34.9 Å². The standard InChI is InChI=1S/C27H23ClF4N2O3S/c1-3-8-37-23-7-5-19(30)18(25(23)28)13-34-22-6-4-15(9-24(22)38-14(2)27(34)36)26(35)33-12-17-20(31)10-16(29)11-21(17)32/h4-7,9-11,14H,3,8,12-13H2,1-2H3,(H,33,35). The van der Waals surface area contributed by atoms with Gasteiger partial charge in [0.15, 0.2) is 0 Å². The number of fused-ring (bicyclic) bond motifs is 1. The number of carbonyl (C=O) groups excluding carboxylic acids is 2. The number of rotatable bonds is 8. The lowest BCUT2D eigenvalue weighted by Crippen LogP contribution is -2.39. The highest BCUT2D eigenvalue weighted by molar-refractivity contribution is 8.01. The minimum Gasteiger partial charge on any atom is -0.492 e. The van der Waals surface area contributed by atoms with Crippen LogP contribution in [-0.4, -0.2) is 23.7 Å². The van der Waals surface area contributed by atoms with E-state index in [0.29, 0.717) is 35.1 Å². The second-order valence-corrected chi connectivity index (χ2v) is 10.3. The minimum atomic E-state index is -1.11. The molecule has 0 aromatic heterocycles. The molecule has 0 aliphatic carbocycles. The van der Waals surface area contributed by atoms with Gasteiger partial charge in [0.2, 0.25) is 5.91 Å². The van der Waals surface area contributed by atoms with Gasteiger partial charge in [-0.2, -0.15) is 0 Å². The monoisotopic (exact) mass is 566 g/mol. The number of amides is 2. The topological polar surface area (TPSA) is 58.6 Å². The third kappa shape index (κ3) is 5.76. The number of nitrogens with zero attached hydrogens (tertiary/aromatic N) is 1. The Kier molecular flexibility index (Phi) is 8.52. The Hall–Kier alpha value is -3.24. The maximum absolute atomic E-state index is 14.8. The van der Waals surface area contributed by atoms with Crippen molar-refractivity contribution >= 4 is 40.9 Å². The van der Waals surface area contributed by atoms with E-state index in [2.05, 4.69) is 5.32 Å². The van der Waals surface area contributed by atoms with Crippen LogP contribution in [0.25, 0.3) is 0 Å². The molecule has 0 fully saturated rings. The molecule has 1 unspecified atom stereocenters. The molecule has 200 valence electrons. The highest BCUT2D eigenvalue weighted by atomic mass is 35.5. The van der Waals surface area contributed by atoms with E-state index in [-0.39, 0.29) is 28.6 Å². The van der Waals surface area contributed by atoms with Crippen molar-refractivity contribution in [3.05, 3.63) is 87.4 Å². The molecule has 2 amide bonds. The molecular formula is C27H23ClF4N2O3S. The molecule has 5 nitrogen and oxygen atoms in total. The van der Waals surface area contributed by atoms with Crippen LogP contribution in [0.1, 0.15) is 41.8 Å². The number of halogens is 5. The smallest absolute Gasteiger partial charge is 0.251 e. The van der Waals surface area contributed by atoms with Crippen molar-refractivity contribution < 1.29 is 31.9 Å². The summed E-state index contributed by atoms with van der Waals surface area (Å²) in [4.78, 5) is 27.8. The number of carbonyl (C=O) groups is 2. The number of benzene rings is 3. The number of hydrogen-bond donors (Lipinski definition) is 1. The second kappa shape index (κ2) is 11.7. The van der Waals surface area contributed by atoms with E-state index in [1.807, 2.05) is 6.92 Å². The molecule has 3 aromatic carbocycles. The fraction of sp³-hybridized carbons (Fsp3) is 0.259. The first-order chi connectivity index (χ1) is 18.1. The van der Waals surface area contributed by atoms with Crippen molar-refractivity contribution in [1.29, 1.82) is 0 Å². The molecule has 0 spiro atoms. The van der Waals surface area contributed by atoms with Crippen LogP contribution in [0.2, 0.25) is 5.02 Å². The highest BCUT2D eigenvalue weighted by Crippen LogP contribution is 2.42. The number of hydrogen-bond acceptors (Lipinski definition) is 4. The minimum absolute atomic E-state index is 0.0786. The van der Waals surface area contributed by atoms with E-state index in [4.69, 9.17) is 16.3 Å². The Labute approximate surface area is 226 Å². The average Bonchev–Trinajstić information content (AvgIpc) is 2.87. The summed E-state index contributed by atoms with van der Waals surface area (Å²) >= 11 is 7.65. The van der Waals surface area contributed by atoms with E-state index in [0.717, 1.165) is 6.42 Å². The largest absolute Gasteiger partial charge is 0.492 e. The Bertz CT molecular complexity index is 1380. The third-order valence-corrected chi connectivity index (χ3v) is 7.44. The molecule has 1 heterocycles. The lowest BCUT2D eigenvalue weighted by atomic mass is 10.1. The molecule has 0 bridgehead atoms. The van der Waals surface area contributed by atoms with Gasteiger partial charge in [-0.05, 0) is 43.7 Å². The molecule has 1 aliphatic rings. The van der Waals surface area contributed by atoms with Gasteiger partial charge in [-0.25, -0.2) is 17.6 Å². The molecule has 1 aliphatic heterocycles. The summed E-state index contributed by atoms with van der Waals surface area (Å²) in [6, 6.07) is 8.28. The lowest BCUT2D eigenvalue weighted by Gasteiger charge is -2.33. The van der Waals surface area contributed by atoms with E-state index in [1.54, 1.807) is 19.1 Å². The van der Waals surface area contributed by atoms with Gasteiger partial charge in [-0.1, -0.05) is 18.5 Å². The molecule has 1 atom stereocenters. The molecule has 3 aromatic rings. The molecular weight excluding hydrogens is 544 g/mol. The van der Waals surface area contributed by atoms with Crippen molar-refractivity contribution in [2.45, 2.75) is 43.5 Å². The maximum Gasteiger partial charge on any atom is 0.251 e. The van der Waals surface area contributed by atoms with E-state index in [9.17, 15) is 27.2 Å². The van der Waals surface area contributed by atoms with Crippen LogP contribution in [0.15, 0.2) is 47.4 Å². The fourth-order valence-electron chi connectivity index (χ4n) is 3.93. The van der Waals surface area contributed by atoms with Gasteiger partial charge in [0.05, 0.1) is 29.1 Å². The summed E-state index contributed by atoms with van der Waals surface area (Å²) < 4.78 is 61.3. The van der Waals surface area contributed by atoms with Gasteiger partial charge in [-0.3, -0.25) is 9.59 Å². The Morgan fingerprint density at radius 2 is 1.76 bits per heavy atom. The summed E-state index contributed by atoms with van der Waals surface area (Å²) in [6.07, 6.45) is 0.736. The van der Waals surface area contributed by atoms with E-state index < -0.39 is 46.5 Å². The Morgan fingerprint density at radius 3 is 2.45 bits per heavy atom. The van der Waals surface area contributed by atoms with Crippen LogP contribution in [0.4, 0.5) is 23.2 Å². The molecule has 0 radical (unpaired) electrons. The SMILES string of the molecule is CCCOc1ccc(F)c(CN2C(=O)C(C)Sc3cc(C(=O)NCc4c(F)cc(F)cc4F)ccc32)c1Cl. The first-order valence-electron chi connectivity index (χ1n) is 11.7. The van der Waals surface area contributed by atoms with E-state index >= 15 is 0 Å². The van der Waals surface area contributed by atoms with Gasteiger partial charge in [0.1, 0.15) is 29.0 Å². The van der Waals surface area contributed by atoms with Crippen LogP contribution in [0.5, 0.6) is 5.75 Å². The quantitative estimate of drug-likeness (QED) is 0.310. The summed E-state index contributed by atoms with van der Waals surface area (Å²) in [5.74, 6) is -4.44. The van der Waals surface area contributed by atoms with Crippen LogP contribution in [0, 0.1) is 23.3 Å². The average molecular weight is 567 g/mol. The molecule has 0 saturated carbocycles. The van der Waals surface area contributed by atoms with Gasteiger partial charge in [0.25, 0.3) is 5.91 Å². The first kappa shape index (κ1) is 27.8. The normalized spacial score (nSPS) is 14.9. The van der Waals surface area contributed by atoms with Crippen LogP contribution in [-0.2, 0) is 17.9 Å². The van der Waals surface area contributed by atoms with Gasteiger partial charge in [0, 0.05) is 40.3 Å². The Balaban J connectivity index is 1.58. The van der Waals surface area contributed by atoms with Crippen LogP contribution >= 0.6 is 23.4 Å². The molecule has 38 heavy (non-hydrogen) atoms. The number of ether oxygens (including phenoxy) is 1. The maximum atomic E-state index is 14.8. The molecule has 11 heteroatoms. The predicted molar refractivity (Wildman–Crippen MR) is 138 cm³/mol. The molecule has 0 saturated heterocycles. The van der Waals surface area contributed by atoms with Crippen molar-refractivity contribution in [2.75, 3.05) is 11.5 Å². The van der Waals surface area contributed by atoms with Crippen LogP contribution < -0.4 is 15.0 Å². The van der Waals surface area contributed by atoms with Crippen molar-refractivity contribution in [2.24, 2.45) is 0 Å². The summed E-state index contributed by atoms with van der Waals surface area (Å²) in [5, 5.41) is 1.96. The van der Waals surface area contributed by atoms with Crippen molar-refractivity contribution in [1.82, 2.24) is 5.32 Å². The van der Waals surface area contributed by atoms with Crippen LogP contribution in [0.3, 0.4) is 0 Å². The second-order valence-electron chi connectivity index (χ2n) is 8.58. The zero-order chi connectivity index (χ0) is 27.6. The summed E-state index contributed by atoms with van der Waals surface area (Å²) in [7, 11) is 0. The van der Waals surface area contributed by atoms with Gasteiger partial charge >= 0.3 is 0 Å². The highest BCUT2D eigenvalue weighted by Gasteiger charge is 2.32. The molecule has 1 N–H and O–H groups in total. The third-order valence-electron chi connectivity index (χ3n) is 5.89. The lowest BCUT2D eigenvalue weighted by molar-refractivity contribution is -0.118. The summed E-state index contributed by atoms with van der Waals surface area (Å²) in [5.41, 5.74) is 0.269. The van der Waals surface area contributed by atoms with Gasteiger partial charge < -0.3 is 15.0 Å². The van der Waals surface area contributed by atoms with Crippen molar-refractivity contribution in [3.8, 4) is 5.75 Å². The summed E-state index contributed by atoms with van der Waals surface area (Å²) in [6.45, 7) is 3.37. The first-order valence-corrected chi connectivity index (χ1v) is 13.0.